The number of nitrogens with zero attached hydrogens (tertiary/aromatic N) is 2. The second-order valence-corrected chi connectivity index (χ2v) is 5.54. The van der Waals surface area contributed by atoms with Crippen LogP contribution in [0.25, 0.3) is 0 Å². The van der Waals surface area contributed by atoms with Crippen molar-refractivity contribution in [1.29, 1.82) is 0 Å². The molecule has 1 heterocycles. The molecule has 1 aromatic heterocycles. The summed E-state index contributed by atoms with van der Waals surface area (Å²) in [4.78, 5) is 16.2. The maximum atomic E-state index is 12.1. The van der Waals surface area contributed by atoms with Crippen molar-refractivity contribution in [3.63, 3.8) is 0 Å². The van der Waals surface area contributed by atoms with Gasteiger partial charge in [0.1, 0.15) is 5.82 Å². The maximum Gasteiger partial charge on any atom is 0.276 e. The lowest BCUT2D eigenvalue weighted by molar-refractivity contribution is 0.510. The smallest absolute Gasteiger partial charge is 0.276 e. The Hall–Kier alpha value is -1.12. The molecule has 0 saturated carbocycles. The minimum Gasteiger partial charge on any atom is -0.330 e. The van der Waals surface area contributed by atoms with Crippen molar-refractivity contribution in [3.05, 3.63) is 27.4 Å². The van der Waals surface area contributed by atoms with E-state index >= 15 is 0 Å². The Morgan fingerprint density at radius 3 is 1.88 bits per heavy atom. The number of aromatic nitrogens is 2. The highest BCUT2D eigenvalue weighted by atomic mass is 16.1. The largest absolute Gasteiger partial charge is 0.330 e. The lowest BCUT2D eigenvalue weighted by atomic mass is 9.95. The predicted molar refractivity (Wildman–Crippen MR) is 71.8 cm³/mol. The van der Waals surface area contributed by atoms with E-state index in [4.69, 9.17) is 0 Å². The molecule has 96 valence electrons. The minimum absolute atomic E-state index is 0.0573. The van der Waals surface area contributed by atoms with Crippen molar-refractivity contribution in [2.75, 3.05) is 0 Å². The van der Waals surface area contributed by atoms with Crippen molar-refractivity contribution in [2.24, 2.45) is 0 Å². The van der Waals surface area contributed by atoms with Crippen LogP contribution in [-0.4, -0.2) is 9.55 Å². The van der Waals surface area contributed by atoms with Crippen molar-refractivity contribution < 1.29 is 0 Å². The van der Waals surface area contributed by atoms with E-state index in [1.165, 1.54) is 0 Å². The van der Waals surface area contributed by atoms with E-state index in [0.717, 1.165) is 17.1 Å². The molecule has 1 aromatic rings. The standard InChI is InChI=1S/C14H24N2O/c1-8(2)12-13(9(3)4)16(10(5)6)11(7)15-14(12)17/h8-10H,1-7H3. The summed E-state index contributed by atoms with van der Waals surface area (Å²) in [5.41, 5.74) is 1.96. The number of rotatable bonds is 3. The number of hydrogen-bond acceptors (Lipinski definition) is 2. The van der Waals surface area contributed by atoms with Crippen LogP contribution in [0.2, 0.25) is 0 Å². The second kappa shape index (κ2) is 5.03. The monoisotopic (exact) mass is 236 g/mol. The number of hydrogen-bond donors (Lipinski definition) is 0. The first-order chi connectivity index (χ1) is 7.77. The zero-order chi connectivity index (χ0) is 13.3. The lowest BCUT2D eigenvalue weighted by Gasteiger charge is -2.25. The molecule has 0 spiro atoms. The third kappa shape index (κ3) is 2.59. The van der Waals surface area contributed by atoms with Crippen LogP contribution in [0.3, 0.4) is 0 Å². The Kier molecular flexibility index (Phi) is 4.12. The molecule has 0 aliphatic carbocycles. The molecule has 0 aliphatic heterocycles. The van der Waals surface area contributed by atoms with Gasteiger partial charge in [-0.05, 0) is 32.6 Å². The van der Waals surface area contributed by atoms with Crippen molar-refractivity contribution >= 4 is 0 Å². The summed E-state index contributed by atoms with van der Waals surface area (Å²) < 4.78 is 2.20. The van der Waals surface area contributed by atoms with Gasteiger partial charge in [-0.1, -0.05) is 27.7 Å². The highest BCUT2D eigenvalue weighted by molar-refractivity contribution is 5.26. The van der Waals surface area contributed by atoms with Crippen LogP contribution in [0, 0.1) is 6.92 Å². The van der Waals surface area contributed by atoms with Crippen LogP contribution in [0.4, 0.5) is 0 Å². The average Bonchev–Trinajstić information content (AvgIpc) is 2.14. The van der Waals surface area contributed by atoms with Gasteiger partial charge in [0, 0.05) is 17.3 Å². The van der Waals surface area contributed by atoms with Gasteiger partial charge in [0.25, 0.3) is 5.56 Å². The first-order valence-corrected chi connectivity index (χ1v) is 6.40. The Bertz CT molecular complexity index is 456. The lowest BCUT2D eigenvalue weighted by Crippen LogP contribution is -2.27. The molecule has 0 amide bonds. The predicted octanol–water partition coefficient (Wildman–Crippen LogP) is 3.38. The Morgan fingerprint density at radius 1 is 1.00 bits per heavy atom. The normalized spacial score (nSPS) is 11.9. The number of aryl methyl sites for hydroxylation is 1. The zero-order valence-corrected chi connectivity index (χ0v) is 12.0. The summed E-state index contributed by atoms with van der Waals surface area (Å²) >= 11 is 0. The van der Waals surface area contributed by atoms with Gasteiger partial charge in [-0.2, -0.15) is 4.98 Å². The topological polar surface area (TPSA) is 34.9 Å². The van der Waals surface area contributed by atoms with Gasteiger partial charge >= 0.3 is 0 Å². The molecule has 0 saturated heterocycles. The van der Waals surface area contributed by atoms with E-state index < -0.39 is 0 Å². The summed E-state index contributed by atoms with van der Waals surface area (Å²) in [7, 11) is 0. The van der Waals surface area contributed by atoms with Gasteiger partial charge in [0.2, 0.25) is 0 Å². The molecule has 0 atom stereocenters. The third-order valence-corrected chi connectivity index (χ3v) is 3.02. The van der Waals surface area contributed by atoms with E-state index in [9.17, 15) is 4.79 Å². The van der Waals surface area contributed by atoms with E-state index in [2.05, 4.69) is 51.1 Å². The Morgan fingerprint density at radius 2 is 1.53 bits per heavy atom. The van der Waals surface area contributed by atoms with Gasteiger partial charge < -0.3 is 4.57 Å². The van der Waals surface area contributed by atoms with Gasteiger partial charge in [-0.25, -0.2) is 0 Å². The molecule has 0 radical (unpaired) electrons. The molecular formula is C14H24N2O. The fourth-order valence-corrected chi connectivity index (χ4v) is 2.46. The summed E-state index contributed by atoms with van der Waals surface area (Å²) in [6.45, 7) is 14.6. The Balaban J connectivity index is 3.72. The van der Waals surface area contributed by atoms with Crippen LogP contribution in [0.1, 0.15) is 76.5 Å². The molecule has 0 N–H and O–H groups in total. The minimum atomic E-state index is -0.0573. The molecule has 0 aliphatic rings. The zero-order valence-electron chi connectivity index (χ0n) is 12.0. The van der Waals surface area contributed by atoms with Gasteiger partial charge in [-0.3, -0.25) is 4.79 Å². The summed E-state index contributed by atoms with van der Waals surface area (Å²) in [6.07, 6.45) is 0. The fraction of sp³-hybridized carbons (Fsp3) is 0.714. The quantitative estimate of drug-likeness (QED) is 0.806. The Labute approximate surface area is 104 Å². The molecule has 1 rings (SSSR count). The molecule has 3 heteroatoms. The van der Waals surface area contributed by atoms with Crippen LogP contribution >= 0.6 is 0 Å². The first-order valence-electron chi connectivity index (χ1n) is 6.40. The van der Waals surface area contributed by atoms with Gasteiger partial charge in [-0.15, -0.1) is 0 Å². The second-order valence-electron chi connectivity index (χ2n) is 5.54. The molecule has 3 nitrogen and oxygen atoms in total. The van der Waals surface area contributed by atoms with Crippen molar-refractivity contribution in [3.8, 4) is 0 Å². The highest BCUT2D eigenvalue weighted by Crippen LogP contribution is 2.26. The van der Waals surface area contributed by atoms with Crippen molar-refractivity contribution in [1.82, 2.24) is 9.55 Å². The molecular weight excluding hydrogens is 212 g/mol. The van der Waals surface area contributed by atoms with Gasteiger partial charge in [0.15, 0.2) is 0 Å². The molecule has 0 bridgehead atoms. The highest BCUT2D eigenvalue weighted by Gasteiger charge is 2.21. The van der Waals surface area contributed by atoms with Crippen LogP contribution in [0.5, 0.6) is 0 Å². The molecule has 0 aromatic carbocycles. The maximum absolute atomic E-state index is 12.1. The third-order valence-electron chi connectivity index (χ3n) is 3.02. The SMILES string of the molecule is Cc1nc(=O)c(C(C)C)c(C(C)C)n1C(C)C. The fourth-order valence-electron chi connectivity index (χ4n) is 2.46. The van der Waals surface area contributed by atoms with Gasteiger partial charge in [0.05, 0.1) is 0 Å². The summed E-state index contributed by atoms with van der Waals surface area (Å²) in [6, 6.07) is 0.331. The van der Waals surface area contributed by atoms with E-state index in [1.807, 2.05) is 6.92 Å². The summed E-state index contributed by atoms with van der Waals surface area (Å²) in [5.74, 6) is 1.38. The summed E-state index contributed by atoms with van der Waals surface area (Å²) in [5, 5.41) is 0. The first kappa shape index (κ1) is 13.9. The molecule has 0 unspecified atom stereocenters. The average molecular weight is 236 g/mol. The molecule has 0 fully saturated rings. The molecule has 17 heavy (non-hydrogen) atoms. The van der Waals surface area contributed by atoms with Crippen LogP contribution in [0.15, 0.2) is 4.79 Å². The van der Waals surface area contributed by atoms with Crippen LogP contribution in [-0.2, 0) is 0 Å². The van der Waals surface area contributed by atoms with E-state index in [1.54, 1.807) is 0 Å². The van der Waals surface area contributed by atoms with E-state index in [0.29, 0.717) is 12.0 Å². The van der Waals surface area contributed by atoms with Crippen molar-refractivity contribution in [2.45, 2.75) is 66.3 Å². The van der Waals surface area contributed by atoms with Crippen LogP contribution < -0.4 is 5.56 Å². The van der Waals surface area contributed by atoms with E-state index in [-0.39, 0.29) is 11.5 Å².